The molecule has 0 fully saturated rings. The number of ether oxygens (including phenoxy) is 1. The van der Waals surface area contributed by atoms with Crippen LogP contribution in [0.2, 0.25) is 0 Å². The molecule has 1 aromatic heterocycles. The normalized spacial score (nSPS) is 10.4. The van der Waals surface area contributed by atoms with Crippen LogP contribution in [0.15, 0.2) is 23.6 Å². The van der Waals surface area contributed by atoms with Gasteiger partial charge in [0.15, 0.2) is 16.7 Å². The molecule has 84 valence electrons. The number of benzene rings is 1. The molecule has 0 unspecified atom stereocenters. The highest BCUT2D eigenvalue weighted by Gasteiger charge is 2.06. The van der Waals surface area contributed by atoms with Crippen LogP contribution in [-0.2, 0) is 6.61 Å². The smallest absolute Gasteiger partial charge is 0.180 e. The minimum Gasteiger partial charge on any atom is -0.484 e. The maximum Gasteiger partial charge on any atom is 0.180 e. The Balaban J connectivity index is 2.04. The molecule has 0 spiro atoms. The number of hydrogen-bond donors (Lipinski definition) is 1. The molecule has 1 heterocycles. The molecule has 6 heteroatoms. The van der Waals surface area contributed by atoms with E-state index < -0.39 is 11.6 Å². The van der Waals surface area contributed by atoms with Crippen LogP contribution in [0, 0.1) is 11.6 Å². The van der Waals surface area contributed by atoms with E-state index in [0.717, 1.165) is 12.1 Å². The van der Waals surface area contributed by atoms with Crippen molar-refractivity contribution < 1.29 is 13.5 Å². The van der Waals surface area contributed by atoms with E-state index >= 15 is 0 Å². The Morgan fingerprint density at radius 3 is 2.81 bits per heavy atom. The molecule has 0 aliphatic carbocycles. The Kier molecular flexibility index (Phi) is 3.00. The molecule has 0 saturated carbocycles. The van der Waals surface area contributed by atoms with Gasteiger partial charge in [0.25, 0.3) is 0 Å². The second-order valence-electron chi connectivity index (χ2n) is 3.04. The van der Waals surface area contributed by atoms with Gasteiger partial charge in [0, 0.05) is 11.4 Å². The van der Waals surface area contributed by atoms with Crippen molar-refractivity contribution in [3.63, 3.8) is 0 Å². The number of nitrogens with two attached hydrogens (primary N) is 1. The Bertz CT molecular complexity index is 501. The molecule has 0 bridgehead atoms. The third-order valence-electron chi connectivity index (χ3n) is 1.84. The van der Waals surface area contributed by atoms with E-state index in [-0.39, 0.29) is 12.4 Å². The number of rotatable bonds is 3. The van der Waals surface area contributed by atoms with E-state index in [1.165, 1.54) is 17.4 Å². The first-order valence-corrected chi connectivity index (χ1v) is 5.31. The van der Waals surface area contributed by atoms with Crippen molar-refractivity contribution in [1.29, 1.82) is 0 Å². The average molecular weight is 242 g/mol. The van der Waals surface area contributed by atoms with Crippen molar-refractivity contribution in [3.05, 3.63) is 40.9 Å². The molecule has 16 heavy (non-hydrogen) atoms. The van der Waals surface area contributed by atoms with Crippen LogP contribution in [0.4, 0.5) is 13.9 Å². The number of thiazole rings is 1. The molecule has 3 nitrogen and oxygen atoms in total. The average Bonchev–Trinajstić information content (AvgIpc) is 2.63. The van der Waals surface area contributed by atoms with Crippen LogP contribution < -0.4 is 10.5 Å². The molecule has 0 atom stereocenters. The highest BCUT2D eigenvalue weighted by atomic mass is 32.1. The molecular weight excluding hydrogens is 234 g/mol. The van der Waals surface area contributed by atoms with Crippen LogP contribution in [0.1, 0.15) is 5.69 Å². The van der Waals surface area contributed by atoms with Gasteiger partial charge in [-0.2, -0.15) is 0 Å². The van der Waals surface area contributed by atoms with Gasteiger partial charge < -0.3 is 10.5 Å². The van der Waals surface area contributed by atoms with Crippen molar-refractivity contribution in [1.82, 2.24) is 4.98 Å². The summed E-state index contributed by atoms with van der Waals surface area (Å²) in [6.45, 7) is 0.107. The monoisotopic (exact) mass is 242 g/mol. The van der Waals surface area contributed by atoms with Crippen LogP contribution >= 0.6 is 11.3 Å². The molecule has 1 aromatic carbocycles. The molecule has 2 aromatic rings. The van der Waals surface area contributed by atoms with E-state index in [4.69, 9.17) is 10.5 Å². The van der Waals surface area contributed by atoms with E-state index in [1.807, 2.05) is 0 Å². The summed E-state index contributed by atoms with van der Waals surface area (Å²) in [5.74, 6) is -1.38. The summed E-state index contributed by atoms with van der Waals surface area (Å²) in [5, 5.41) is 2.15. The summed E-state index contributed by atoms with van der Waals surface area (Å²) < 4.78 is 30.9. The predicted octanol–water partition coefficient (Wildman–Crippen LogP) is 2.58. The second-order valence-corrected chi connectivity index (χ2v) is 3.93. The first-order chi connectivity index (χ1) is 7.65. The minimum atomic E-state index is -0.733. The first-order valence-electron chi connectivity index (χ1n) is 4.43. The summed E-state index contributed by atoms with van der Waals surface area (Å²) in [4.78, 5) is 3.95. The summed E-state index contributed by atoms with van der Waals surface area (Å²) in [6.07, 6.45) is 0. The molecule has 0 aliphatic rings. The zero-order chi connectivity index (χ0) is 11.5. The van der Waals surface area contributed by atoms with E-state index in [1.54, 1.807) is 5.38 Å². The van der Waals surface area contributed by atoms with Gasteiger partial charge in [-0.25, -0.2) is 13.8 Å². The lowest BCUT2D eigenvalue weighted by Crippen LogP contribution is -1.98. The van der Waals surface area contributed by atoms with Crippen molar-refractivity contribution in [2.24, 2.45) is 0 Å². The highest BCUT2D eigenvalue weighted by molar-refractivity contribution is 7.13. The van der Waals surface area contributed by atoms with Crippen LogP contribution in [0.3, 0.4) is 0 Å². The fourth-order valence-corrected chi connectivity index (χ4v) is 1.68. The Morgan fingerprint density at radius 1 is 1.38 bits per heavy atom. The Labute approximate surface area is 94.5 Å². The van der Waals surface area contributed by atoms with Crippen molar-refractivity contribution in [2.45, 2.75) is 6.61 Å². The zero-order valence-electron chi connectivity index (χ0n) is 8.11. The zero-order valence-corrected chi connectivity index (χ0v) is 8.93. The van der Waals surface area contributed by atoms with Crippen LogP contribution in [0.25, 0.3) is 0 Å². The van der Waals surface area contributed by atoms with Gasteiger partial charge in [-0.05, 0) is 12.1 Å². The summed E-state index contributed by atoms with van der Waals surface area (Å²) in [7, 11) is 0. The Morgan fingerprint density at radius 2 is 2.19 bits per heavy atom. The van der Waals surface area contributed by atoms with Gasteiger partial charge in [0.05, 0.1) is 5.69 Å². The maximum atomic E-state index is 13.2. The topological polar surface area (TPSA) is 48.1 Å². The molecule has 0 radical (unpaired) electrons. The second kappa shape index (κ2) is 4.44. The van der Waals surface area contributed by atoms with Gasteiger partial charge in [-0.1, -0.05) is 0 Å². The van der Waals surface area contributed by atoms with Gasteiger partial charge in [-0.3, -0.25) is 0 Å². The summed E-state index contributed by atoms with van der Waals surface area (Å²) >= 11 is 1.28. The molecule has 2 rings (SSSR count). The molecule has 2 N–H and O–H groups in total. The third kappa shape index (κ3) is 2.46. The minimum absolute atomic E-state index is 0.00651. The predicted molar refractivity (Wildman–Crippen MR) is 57.2 cm³/mol. The van der Waals surface area contributed by atoms with Gasteiger partial charge >= 0.3 is 0 Å². The molecule has 0 aliphatic heterocycles. The van der Waals surface area contributed by atoms with Crippen molar-refractivity contribution >= 4 is 16.5 Å². The number of nitrogen functional groups attached to an aromatic ring is 1. The van der Waals surface area contributed by atoms with Crippen LogP contribution in [0.5, 0.6) is 5.75 Å². The van der Waals surface area contributed by atoms with E-state index in [0.29, 0.717) is 10.8 Å². The lowest BCUT2D eigenvalue weighted by atomic mass is 10.3. The SMILES string of the molecule is Nc1nc(COc2ccc(F)cc2F)cs1. The largest absolute Gasteiger partial charge is 0.484 e. The van der Waals surface area contributed by atoms with Crippen LogP contribution in [-0.4, -0.2) is 4.98 Å². The Hall–Kier alpha value is -1.69. The lowest BCUT2D eigenvalue weighted by molar-refractivity contribution is 0.286. The number of aromatic nitrogens is 1. The van der Waals surface area contributed by atoms with E-state index in [9.17, 15) is 8.78 Å². The maximum absolute atomic E-state index is 13.2. The highest BCUT2D eigenvalue weighted by Crippen LogP contribution is 2.19. The molecular formula is C10H8F2N2OS. The van der Waals surface area contributed by atoms with Gasteiger partial charge in [0.1, 0.15) is 12.4 Å². The van der Waals surface area contributed by atoms with Gasteiger partial charge in [-0.15, -0.1) is 11.3 Å². The van der Waals surface area contributed by atoms with Crippen molar-refractivity contribution in [2.75, 3.05) is 5.73 Å². The van der Waals surface area contributed by atoms with Gasteiger partial charge in [0.2, 0.25) is 0 Å². The first kappa shape index (κ1) is 10.8. The summed E-state index contributed by atoms with van der Waals surface area (Å²) in [6, 6.07) is 3.14. The molecule has 0 saturated heterocycles. The number of halogens is 2. The molecule has 0 amide bonds. The van der Waals surface area contributed by atoms with Crippen molar-refractivity contribution in [3.8, 4) is 5.75 Å². The lowest BCUT2D eigenvalue weighted by Gasteiger charge is -2.04. The van der Waals surface area contributed by atoms with E-state index in [2.05, 4.69) is 4.98 Å². The summed E-state index contributed by atoms with van der Waals surface area (Å²) in [5.41, 5.74) is 6.04. The number of hydrogen-bond acceptors (Lipinski definition) is 4. The quantitative estimate of drug-likeness (QED) is 0.899. The standard InChI is InChI=1S/C10H8F2N2OS/c11-6-1-2-9(8(12)3-6)15-4-7-5-16-10(13)14-7/h1-3,5H,4H2,(H2,13,14). The fraction of sp³-hybridized carbons (Fsp3) is 0.100. The number of anilines is 1. The number of nitrogens with zero attached hydrogens (tertiary/aromatic N) is 1. The fourth-order valence-electron chi connectivity index (χ4n) is 1.13. The third-order valence-corrected chi connectivity index (χ3v) is 2.56.